The van der Waals surface area contributed by atoms with Crippen LogP contribution in [0.3, 0.4) is 0 Å². The van der Waals surface area contributed by atoms with Crippen LogP contribution in [0.5, 0.6) is 5.75 Å². The highest BCUT2D eigenvalue weighted by molar-refractivity contribution is 5.71. The van der Waals surface area contributed by atoms with Crippen LogP contribution in [0.1, 0.15) is 51.5 Å². The standard InChI is InChI=1S/C22H28O3/c1-16(2)13-14-25-21-11-10-19(17(3)9-12-22(23)24)15-20(21)18-7-5-4-6-8-18/h4-8,10-11,15-17H,9,12-14H2,1-3H3,(H,23,24). The Bertz CT molecular complexity index is 677. The van der Waals surface area contributed by atoms with Gasteiger partial charge < -0.3 is 9.84 Å². The molecule has 0 spiro atoms. The van der Waals surface area contributed by atoms with E-state index >= 15 is 0 Å². The molecule has 3 heteroatoms. The third-order valence-electron chi connectivity index (χ3n) is 4.40. The van der Waals surface area contributed by atoms with Crippen LogP contribution < -0.4 is 4.74 Å². The predicted octanol–water partition coefficient (Wildman–Crippen LogP) is 5.75. The van der Waals surface area contributed by atoms with Gasteiger partial charge in [-0.1, -0.05) is 57.2 Å². The Morgan fingerprint density at radius 1 is 1.04 bits per heavy atom. The van der Waals surface area contributed by atoms with Gasteiger partial charge in [0.2, 0.25) is 0 Å². The highest BCUT2D eigenvalue weighted by atomic mass is 16.5. The molecule has 0 fully saturated rings. The smallest absolute Gasteiger partial charge is 0.303 e. The number of ether oxygens (including phenoxy) is 1. The quantitative estimate of drug-likeness (QED) is 0.632. The average molecular weight is 340 g/mol. The van der Waals surface area contributed by atoms with Gasteiger partial charge in [-0.25, -0.2) is 0 Å². The first kappa shape index (κ1) is 19.0. The lowest BCUT2D eigenvalue weighted by molar-refractivity contribution is -0.137. The number of carbonyl (C=O) groups is 1. The van der Waals surface area contributed by atoms with E-state index in [4.69, 9.17) is 9.84 Å². The molecule has 0 aliphatic rings. The Hall–Kier alpha value is -2.29. The van der Waals surface area contributed by atoms with Crippen molar-refractivity contribution in [3.63, 3.8) is 0 Å². The zero-order chi connectivity index (χ0) is 18.2. The van der Waals surface area contributed by atoms with Crippen molar-refractivity contribution in [2.24, 2.45) is 5.92 Å². The van der Waals surface area contributed by atoms with Gasteiger partial charge in [0.15, 0.2) is 0 Å². The van der Waals surface area contributed by atoms with Gasteiger partial charge in [0.25, 0.3) is 0 Å². The van der Waals surface area contributed by atoms with Crippen LogP contribution in [-0.2, 0) is 4.79 Å². The van der Waals surface area contributed by atoms with Gasteiger partial charge in [-0.05, 0) is 47.9 Å². The molecule has 0 bridgehead atoms. The third-order valence-corrected chi connectivity index (χ3v) is 4.40. The van der Waals surface area contributed by atoms with Crippen LogP contribution in [0.2, 0.25) is 0 Å². The molecule has 0 radical (unpaired) electrons. The van der Waals surface area contributed by atoms with Crippen molar-refractivity contribution in [2.75, 3.05) is 6.61 Å². The largest absolute Gasteiger partial charge is 0.493 e. The van der Waals surface area contributed by atoms with E-state index in [0.717, 1.165) is 28.9 Å². The summed E-state index contributed by atoms with van der Waals surface area (Å²) in [6.07, 6.45) is 1.84. The molecule has 0 aliphatic carbocycles. The lowest BCUT2D eigenvalue weighted by Gasteiger charge is -2.17. The second-order valence-electron chi connectivity index (χ2n) is 6.99. The van der Waals surface area contributed by atoms with Crippen LogP contribution in [0.25, 0.3) is 11.1 Å². The maximum Gasteiger partial charge on any atom is 0.303 e. The van der Waals surface area contributed by atoms with E-state index in [-0.39, 0.29) is 12.3 Å². The predicted molar refractivity (Wildman–Crippen MR) is 102 cm³/mol. The summed E-state index contributed by atoms with van der Waals surface area (Å²) >= 11 is 0. The summed E-state index contributed by atoms with van der Waals surface area (Å²) in [5.74, 6) is 0.948. The molecule has 25 heavy (non-hydrogen) atoms. The zero-order valence-electron chi connectivity index (χ0n) is 15.4. The summed E-state index contributed by atoms with van der Waals surface area (Å²) in [5.41, 5.74) is 3.34. The van der Waals surface area contributed by atoms with Crippen molar-refractivity contribution in [1.29, 1.82) is 0 Å². The van der Waals surface area contributed by atoms with E-state index in [2.05, 4.69) is 45.0 Å². The second kappa shape index (κ2) is 9.26. The van der Waals surface area contributed by atoms with Gasteiger partial charge in [-0.2, -0.15) is 0 Å². The van der Waals surface area contributed by atoms with E-state index in [9.17, 15) is 4.79 Å². The highest BCUT2D eigenvalue weighted by Crippen LogP contribution is 2.34. The topological polar surface area (TPSA) is 46.5 Å². The molecule has 2 aromatic rings. The fourth-order valence-corrected chi connectivity index (χ4v) is 2.73. The molecule has 0 saturated carbocycles. The van der Waals surface area contributed by atoms with Crippen molar-refractivity contribution >= 4 is 5.97 Å². The van der Waals surface area contributed by atoms with Crippen LogP contribution in [0, 0.1) is 5.92 Å². The lowest BCUT2D eigenvalue weighted by Crippen LogP contribution is -2.04. The lowest BCUT2D eigenvalue weighted by atomic mass is 9.92. The maximum atomic E-state index is 10.8. The monoisotopic (exact) mass is 340 g/mol. The Kier molecular flexibility index (Phi) is 7.05. The van der Waals surface area contributed by atoms with Crippen molar-refractivity contribution < 1.29 is 14.6 Å². The van der Waals surface area contributed by atoms with E-state index < -0.39 is 5.97 Å². The summed E-state index contributed by atoms with van der Waals surface area (Å²) in [5, 5.41) is 8.91. The van der Waals surface area contributed by atoms with Crippen LogP contribution >= 0.6 is 0 Å². The molecule has 0 saturated heterocycles. The zero-order valence-corrected chi connectivity index (χ0v) is 15.4. The summed E-state index contributed by atoms with van der Waals surface area (Å²) in [7, 11) is 0. The average Bonchev–Trinajstić information content (AvgIpc) is 2.60. The summed E-state index contributed by atoms with van der Waals surface area (Å²) < 4.78 is 6.04. The number of rotatable bonds is 9. The highest BCUT2D eigenvalue weighted by Gasteiger charge is 2.13. The van der Waals surface area contributed by atoms with Crippen molar-refractivity contribution in [3.8, 4) is 16.9 Å². The summed E-state index contributed by atoms with van der Waals surface area (Å²) in [6.45, 7) is 7.15. The van der Waals surface area contributed by atoms with Gasteiger partial charge >= 0.3 is 5.97 Å². The number of hydrogen-bond acceptors (Lipinski definition) is 2. The molecule has 0 amide bonds. The van der Waals surface area contributed by atoms with E-state index in [0.29, 0.717) is 18.9 Å². The first-order chi connectivity index (χ1) is 12.0. The van der Waals surface area contributed by atoms with Gasteiger partial charge in [0, 0.05) is 12.0 Å². The minimum Gasteiger partial charge on any atom is -0.493 e. The van der Waals surface area contributed by atoms with E-state index in [1.165, 1.54) is 0 Å². The molecule has 0 heterocycles. The fraction of sp³-hybridized carbons (Fsp3) is 0.409. The molecule has 134 valence electrons. The second-order valence-corrected chi connectivity index (χ2v) is 6.99. The van der Waals surface area contributed by atoms with Gasteiger partial charge in [-0.15, -0.1) is 0 Å². The Morgan fingerprint density at radius 3 is 2.40 bits per heavy atom. The molecule has 2 aromatic carbocycles. The van der Waals surface area contributed by atoms with Gasteiger partial charge in [0.05, 0.1) is 6.61 Å². The van der Waals surface area contributed by atoms with E-state index in [1.807, 2.05) is 24.3 Å². The molecular formula is C22H28O3. The Morgan fingerprint density at radius 2 is 1.76 bits per heavy atom. The molecule has 1 unspecified atom stereocenters. The van der Waals surface area contributed by atoms with Crippen LogP contribution in [0.15, 0.2) is 48.5 Å². The Labute approximate surface area is 150 Å². The molecule has 0 aliphatic heterocycles. The minimum absolute atomic E-state index is 0.189. The van der Waals surface area contributed by atoms with Gasteiger partial charge in [0.1, 0.15) is 5.75 Å². The third kappa shape index (κ3) is 5.93. The number of hydrogen-bond donors (Lipinski definition) is 1. The summed E-state index contributed by atoms with van der Waals surface area (Å²) in [4.78, 5) is 10.8. The molecule has 1 atom stereocenters. The van der Waals surface area contributed by atoms with E-state index in [1.54, 1.807) is 0 Å². The molecule has 2 rings (SSSR count). The maximum absolute atomic E-state index is 10.8. The van der Waals surface area contributed by atoms with Gasteiger partial charge in [-0.3, -0.25) is 4.79 Å². The van der Waals surface area contributed by atoms with Crippen LogP contribution in [-0.4, -0.2) is 17.7 Å². The minimum atomic E-state index is -0.747. The molecule has 3 nitrogen and oxygen atoms in total. The first-order valence-corrected chi connectivity index (χ1v) is 9.01. The van der Waals surface area contributed by atoms with Crippen molar-refractivity contribution in [2.45, 2.75) is 46.0 Å². The number of aliphatic carboxylic acids is 1. The van der Waals surface area contributed by atoms with Crippen molar-refractivity contribution in [1.82, 2.24) is 0 Å². The normalized spacial score (nSPS) is 12.2. The Balaban J connectivity index is 2.26. The molecular weight excluding hydrogens is 312 g/mol. The van der Waals surface area contributed by atoms with Crippen LogP contribution in [0.4, 0.5) is 0 Å². The fourth-order valence-electron chi connectivity index (χ4n) is 2.73. The number of benzene rings is 2. The molecule has 1 N–H and O–H groups in total. The SMILES string of the molecule is CC(C)CCOc1ccc(C(C)CCC(=O)O)cc1-c1ccccc1. The summed E-state index contributed by atoms with van der Waals surface area (Å²) in [6, 6.07) is 16.4. The first-order valence-electron chi connectivity index (χ1n) is 9.01. The van der Waals surface area contributed by atoms with Crippen molar-refractivity contribution in [3.05, 3.63) is 54.1 Å². The number of carboxylic acid groups (broad SMARTS) is 1. The molecule has 0 aromatic heterocycles. The number of carboxylic acids is 1.